The third kappa shape index (κ3) is 4.77. The van der Waals surface area contributed by atoms with Crippen LogP contribution in [-0.2, 0) is 6.54 Å². The monoisotopic (exact) mass is 246 g/mol. The highest BCUT2D eigenvalue weighted by molar-refractivity contribution is 5.45. The van der Waals surface area contributed by atoms with Gasteiger partial charge in [0.15, 0.2) is 0 Å². The molecule has 1 aromatic rings. The first-order chi connectivity index (χ1) is 8.67. The van der Waals surface area contributed by atoms with Crippen molar-refractivity contribution in [2.45, 2.75) is 33.2 Å². The maximum atomic E-state index is 8.99. The molecule has 0 radical (unpaired) electrons. The topological polar surface area (TPSA) is 45.0 Å². The lowest BCUT2D eigenvalue weighted by atomic mass is 10.1. The van der Waals surface area contributed by atoms with Gasteiger partial charge in [0, 0.05) is 6.54 Å². The zero-order valence-electron chi connectivity index (χ0n) is 11.5. The summed E-state index contributed by atoms with van der Waals surface area (Å²) in [4.78, 5) is 0. The quantitative estimate of drug-likeness (QED) is 0.752. The molecule has 0 aliphatic carbocycles. The highest BCUT2D eigenvalue weighted by Gasteiger charge is 2.03. The van der Waals surface area contributed by atoms with E-state index in [0.717, 1.165) is 24.6 Å². The van der Waals surface area contributed by atoms with E-state index < -0.39 is 0 Å². The molecule has 0 saturated heterocycles. The maximum absolute atomic E-state index is 8.99. The second kappa shape index (κ2) is 7.73. The highest BCUT2D eigenvalue weighted by Crippen LogP contribution is 2.18. The molecule has 0 spiro atoms. The van der Waals surface area contributed by atoms with Gasteiger partial charge in [-0.15, -0.1) is 0 Å². The van der Waals surface area contributed by atoms with Crippen LogP contribution in [0, 0.1) is 17.2 Å². The second-order valence-corrected chi connectivity index (χ2v) is 4.86. The Bertz CT molecular complexity index is 407. The number of hydrogen-bond donors (Lipinski definition) is 1. The van der Waals surface area contributed by atoms with Crippen molar-refractivity contribution >= 4 is 0 Å². The average Bonchev–Trinajstić information content (AvgIpc) is 2.37. The number of hydrogen-bond acceptors (Lipinski definition) is 3. The standard InChI is InChI=1S/C15H22N2O/c1-12(2)5-4-8-17-11-13-6-7-15(18-3)14(9-13)10-16/h6-7,9,12,17H,4-5,8,11H2,1-3H3. The Morgan fingerprint density at radius 3 is 2.78 bits per heavy atom. The van der Waals surface area contributed by atoms with Gasteiger partial charge >= 0.3 is 0 Å². The van der Waals surface area contributed by atoms with Gasteiger partial charge in [-0.3, -0.25) is 0 Å². The van der Waals surface area contributed by atoms with E-state index in [1.54, 1.807) is 7.11 Å². The molecule has 1 aromatic carbocycles. The van der Waals surface area contributed by atoms with E-state index in [1.807, 2.05) is 18.2 Å². The summed E-state index contributed by atoms with van der Waals surface area (Å²) >= 11 is 0. The van der Waals surface area contributed by atoms with Crippen LogP contribution in [0.1, 0.15) is 37.8 Å². The molecular weight excluding hydrogens is 224 g/mol. The first-order valence-corrected chi connectivity index (χ1v) is 6.45. The Balaban J connectivity index is 2.41. The van der Waals surface area contributed by atoms with E-state index in [9.17, 15) is 0 Å². The SMILES string of the molecule is COc1ccc(CNCCCC(C)C)cc1C#N. The zero-order chi connectivity index (χ0) is 13.4. The predicted molar refractivity (Wildman–Crippen MR) is 73.5 cm³/mol. The first kappa shape index (κ1) is 14.5. The first-order valence-electron chi connectivity index (χ1n) is 6.45. The molecule has 0 aliphatic rings. The Labute approximate surface area is 110 Å². The zero-order valence-corrected chi connectivity index (χ0v) is 11.5. The van der Waals surface area contributed by atoms with Crippen LogP contribution in [0.4, 0.5) is 0 Å². The molecule has 0 unspecified atom stereocenters. The molecule has 0 atom stereocenters. The summed E-state index contributed by atoms with van der Waals surface area (Å²) in [7, 11) is 1.58. The molecule has 1 N–H and O–H groups in total. The molecule has 18 heavy (non-hydrogen) atoms. The van der Waals surface area contributed by atoms with Gasteiger partial charge in [0.1, 0.15) is 11.8 Å². The van der Waals surface area contributed by atoms with Gasteiger partial charge in [-0.05, 0) is 43.0 Å². The minimum atomic E-state index is 0.596. The Kier molecular flexibility index (Phi) is 6.24. The molecule has 98 valence electrons. The summed E-state index contributed by atoms with van der Waals surface area (Å²) in [5.74, 6) is 1.40. The largest absolute Gasteiger partial charge is 0.495 e. The van der Waals surface area contributed by atoms with Crippen LogP contribution in [0.3, 0.4) is 0 Å². The number of methoxy groups -OCH3 is 1. The normalized spacial score (nSPS) is 10.4. The molecule has 0 amide bonds. The lowest BCUT2D eigenvalue weighted by molar-refractivity contribution is 0.413. The summed E-state index contributed by atoms with van der Waals surface area (Å²) in [6.45, 7) is 6.30. The van der Waals surface area contributed by atoms with E-state index in [0.29, 0.717) is 11.3 Å². The number of rotatable bonds is 7. The smallest absolute Gasteiger partial charge is 0.136 e. The second-order valence-electron chi connectivity index (χ2n) is 4.86. The van der Waals surface area contributed by atoms with Crippen molar-refractivity contribution in [2.75, 3.05) is 13.7 Å². The Hall–Kier alpha value is -1.53. The number of ether oxygens (including phenoxy) is 1. The van der Waals surface area contributed by atoms with E-state index in [-0.39, 0.29) is 0 Å². The number of nitrogens with zero attached hydrogens (tertiary/aromatic N) is 1. The fourth-order valence-electron chi connectivity index (χ4n) is 1.82. The summed E-state index contributed by atoms with van der Waals surface area (Å²) < 4.78 is 5.12. The van der Waals surface area contributed by atoms with Gasteiger partial charge in [-0.1, -0.05) is 19.9 Å². The van der Waals surface area contributed by atoms with Crippen LogP contribution in [-0.4, -0.2) is 13.7 Å². The van der Waals surface area contributed by atoms with Crippen LogP contribution in [0.2, 0.25) is 0 Å². The molecule has 0 saturated carbocycles. The number of nitriles is 1. The van der Waals surface area contributed by atoms with E-state index in [1.165, 1.54) is 12.8 Å². The van der Waals surface area contributed by atoms with Crippen LogP contribution < -0.4 is 10.1 Å². The van der Waals surface area contributed by atoms with Gasteiger partial charge in [0.25, 0.3) is 0 Å². The molecule has 3 nitrogen and oxygen atoms in total. The Morgan fingerprint density at radius 2 is 2.17 bits per heavy atom. The number of benzene rings is 1. The highest BCUT2D eigenvalue weighted by atomic mass is 16.5. The fourth-order valence-corrected chi connectivity index (χ4v) is 1.82. The van der Waals surface area contributed by atoms with Gasteiger partial charge in [0.2, 0.25) is 0 Å². The molecule has 0 aromatic heterocycles. The molecule has 0 aliphatic heterocycles. The van der Waals surface area contributed by atoms with Gasteiger partial charge in [0.05, 0.1) is 12.7 Å². The molecule has 0 fully saturated rings. The summed E-state index contributed by atoms with van der Waals surface area (Å²) in [6, 6.07) is 7.88. The fraction of sp³-hybridized carbons (Fsp3) is 0.533. The summed E-state index contributed by atoms with van der Waals surface area (Å²) in [6.07, 6.45) is 2.44. The minimum absolute atomic E-state index is 0.596. The molecule has 3 heteroatoms. The van der Waals surface area contributed by atoms with Crippen molar-refractivity contribution in [3.63, 3.8) is 0 Å². The van der Waals surface area contributed by atoms with Crippen molar-refractivity contribution in [1.82, 2.24) is 5.32 Å². The van der Waals surface area contributed by atoms with Gasteiger partial charge < -0.3 is 10.1 Å². The summed E-state index contributed by atoms with van der Waals surface area (Å²) in [5, 5.41) is 12.4. The summed E-state index contributed by atoms with van der Waals surface area (Å²) in [5.41, 5.74) is 1.72. The van der Waals surface area contributed by atoms with Crippen LogP contribution >= 0.6 is 0 Å². The van der Waals surface area contributed by atoms with Gasteiger partial charge in [-0.25, -0.2) is 0 Å². The van der Waals surface area contributed by atoms with Gasteiger partial charge in [-0.2, -0.15) is 5.26 Å². The van der Waals surface area contributed by atoms with Crippen molar-refractivity contribution in [2.24, 2.45) is 5.92 Å². The molecular formula is C15H22N2O. The van der Waals surface area contributed by atoms with Crippen molar-refractivity contribution in [3.05, 3.63) is 29.3 Å². The van der Waals surface area contributed by atoms with Crippen molar-refractivity contribution in [3.8, 4) is 11.8 Å². The average molecular weight is 246 g/mol. The molecule has 1 rings (SSSR count). The third-order valence-electron chi connectivity index (χ3n) is 2.85. The van der Waals surface area contributed by atoms with E-state index >= 15 is 0 Å². The van der Waals surface area contributed by atoms with Crippen LogP contribution in [0.5, 0.6) is 5.75 Å². The van der Waals surface area contributed by atoms with E-state index in [2.05, 4.69) is 25.2 Å². The number of nitrogens with one attached hydrogen (secondary N) is 1. The molecule has 0 bridgehead atoms. The van der Waals surface area contributed by atoms with Crippen LogP contribution in [0.15, 0.2) is 18.2 Å². The predicted octanol–water partition coefficient (Wildman–Crippen LogP) is 3.09. The third-order valence-corrected chi connectivity index (χ3v) is 2.85. The van der Waals surface area contributed by atoms with Crippen molar-refractivity contribution < 1.29 is 4.74 Å². The lowest BCUT2D eigenvalue weighted by Crippen LogP contribution is -2.15. The molecule has 0 heterocycles. The lowest BCUT2D eigenvalue weighted by Gasteiger charge is -2.08. The van der Waals surface area contributed by atoms with Crippen molar-refractivity contribution in [1.29, 1.82) is 5.26 Å². The minimum Gasteiger partial charge on any atom is -0.495 e. The van der Waals surface area contributed by atoms with E-state index in [4.69, 9.17) is 10.00 Å². The Morgan fingerprint density at radius 1 is 1.39 bits per heavy atom. The van der Waals surface area contributed by atoms with Crippen LogP contribution in [0.25, 0.3) is 0 Å². The maximum Gasteiger partial charge on any atom is 0.136 e.